The summed E-state index contributed by atoms with van der Waals surface area (Å²) in [6.45, 7) is 2.49. The molecule has 162 valence electrons. The van der Waals surface area contributed by atoms with Crippen molar-refractivity contribution in [2.24, 2.45) is 5.41 Å². The van der Waals surface area contributed by atoms with Crippen LogP contribution >= 0.6 is 11.3 Å². The van der Waals surface area contributed by atoms with E-state index in [1.54, 1.807) is 19.4 Å². The summed E-state index contributed by atoms with van der Waals surface area (Å²) in [5, 5.41) is 5.51. The van der Waals surface area contributed by atoms with E-state index in [4.69, 9.17) is 26.5 Å². The zero-order chi connectivity index (χ0) is 26.5. The average molecular weight is 443 g/mol. The van der Waals surface area contributed by atoms with Crippen molar-refractivity contribution in [1.29, 1.82) is 1.43 Å². The fourth-order valence-electron chi connectivity index (χ4n) is 3.43. The number of hydrogen-bond acceptors (Lipinski definition) is 7. The van der Waals surface area contributed by atoms with E-state index in [1.165, 1.54) is 38.4 Å². The Morgan fingerprint density at radius 1 is 1.23 bits per heavy atom. The number of fused-ring (bicyclic) bond motifs is 2. The Morgan fingerprint density at radius 2 is 2.06 bits per heavy atom. The lowest BCUT2D eigenvalue weighted by Gasteiger charge is -2.26. The van der Waals surface area contributed by atoms with Crippen molar-refractivity contribution >= 4 is 32.6 Å². The average Bonchev–Trinajstić information content (AvgIpc) is 3.25. The van der Waals surface area contributed by atoms with Crippen LogP contribution < -0.4 is 4.74 Å². The highest BCUT2D eigenvalue weighted by Gasteiger charge is 2.28. The number of aliphatic hydroxyl groups is 1. The Labute approximate surface area is 193 Å². The Kier molecular flexibility index (Phi) is 4.23. The highest BCUT2D eigenvalue weighted by Crippen LogP contribution is 2.42. The first-order valence-corrected chi connectivity index (χ1v) is 10.6. The van der Waals surface area contributed by atoms with E-state index in [0.717, 1.165) is 11.1 Å². The molecule has 2 heterocycles. The lowest BCUT2D eigenvalue weighted by atomic mass is 9.84. The van der Waals surface area contributed by atoms with Crippen LogP contribution in [0, 0.1) is 12.3 Å². The molecule has 0 bridgehead atoms. The molecular weight excluding hydrogens is 410 g/mol. The predicted molar refractivity (Wildman–Crippen MR) is 125 cm³/mol. The molecule has 1 atom stereocenters. The molecule has 0 saturated carbocycles. The number of hydrogen-bond donors (Lipinski definition) is 1. The summed E-state index contributed by atoms with van der Waals surface area (Å²) in [5.41, 5.74) is 2.54. The zero-order valence-corrected chi connectivity index (χ0v) is 18.9. The minimum absolute atomic E-state index is 0.140. The Balaban J connectivity index is 1.99. The molecular formula is C24H27N3O3S. The largest absolute Gasteiger partial charge is 0.497 e. The van der Waals surface area contributed by atoms with Crippen LogP contribution in [0.3, 0.4) is 0 Å². The summed E-state index contributed by atoms with van der Waals surface area (Å²) in [7, 11) is 3.08. The van der Waals surface area contributed by atoms with Crippen LogP contribution in [0.25, 0.3) is 31.8 Å². The van der Waals surface area contributed by atoms with Crippen LogP contribution in [0.15, 0.2) is 30.5 Å². The van der Waals surface area contributed by atoms with Gasteiger partial charge in [-0.15, -0.1) is 11.3 Å². The van der Waals surface area contributed by atoms with Gasteiger partial charge in [-0.25, -0.2) is 9.97 Å². The van der Waals surface area contributed by atoms with E-state index in [-0.39, 0.29) is 5.56 Å². The lowest BCUT2D eigenvalue weighted by Crippen LogP contribution is -2.18. The first-order valence-electron chi connectivity index (χ1n) is 12.2. The normalized spacial score (nSPS) is 16.9. The van der Waals surface area contributed by atoms with Gasteiger partial charge in [0.25, 0.3) is 0 Å². The monoisotopic (exact) mass is 442 g/mol. The van der Waals surface area contributed by atoms with Gasteiger partial charge in [-0.05, 0) is 42.2 Å². The molecule has 31 heavy (non-hydrogen) atoms. The van der Waals surface area contributed by atoms with Crippen LogP contribution in [-0.2, 0) is 11.3 Å². The number of methoxy groups -OCH3 is 2. The quantitative estimate of drug-likeness (QED) is 0.428. The van der Waals surface area contributed by atoms with Crippen molar-refractivity contribution in [3.05, 3.63) is 47.3 Å². The molecule has 2 aromatic heterocycles. The van der Waals surface area contributed by atoms with Crippen molar-refractivity contribution in [1.82, 2.24) is 15.0 Å². The molecule has 4 rings (SSSR count). The van der Waals surface area contributed by atoms with Crippen molar-refractivity contribution in [2.45, 2.75) is 40.3 Å². The van der Waals surface area contributed by atoms with Gasteiger partial charge in [0.1, 0.15) is 10.8 Å². The molecule has 0 aliphatic carbocycles. The number of aromatic nitrogens is 3. The molecule has 0 spiro atoms. The molecule has 4 aromatic rings. The maximum Gasteiger partial charge on any atom is 0.211 e. The van der Waals surface area contributed by atoms with Crippen LogP contribution in [0.2, 0.25) is 0 Å². The Bertz CT molecular complexity index is 1440. The molecule has 0 fully saturated rings. The Hall–Kier alpha value is -2.61. The van der Waals surface area contributed by atoms with Crippen LogP contribution in [0.4, 0.5) is 0 Å². The predicted octanol–water partition coefficient (Wildman–Crippen LogP) is 5.45. The van der Waals surface area contributed by atoms with Gasteiger partial charge in [0.05, 0.1) is 54.3 Å². The number of rotatable bonds is 6. The van der Waals surface area contributed by atoms with Gasteiger partial charge >= 0.3 is 0 Å². The van der Waals surface area contributed by atoms with Gasteiger partial charge in [-0.1, -0.05) is 20.7 Å². The summed E-state index contributed by atoms with van der Waals surface area (Å²) in [6, 6.07) is 7.19. The van der Waals surface area contributed by atoms with E-state index in [0.29, 0.717) is 44.3 Å². The van der Waals surface area contributed by atoms with E-state index in [2.05, 4.69) is 9.97 Å². The molecule has 0 aliphatic rings. The lowest BCUT2D eigenvalue weighted by molar-refractivity contribution is 0.0636. The maximum atomic E-state index is 9.07. The fraction of sp³-hybridized carbons (Fsp3) is 0.375. The summed E-state index contributed by atoms with van der Waals surface area (Å²) >= 11 is 1.35. The van der Waals surface area contributed by atoms with Crippen molar-refractivity contribution in [3.8, 4) is 16.3 Å². The van der Waals surface area contributed by atoms with Gasteiger partial charge in [-0.3, -0.25) is 4.98 Å². The highest BCUT2D eigenvalue weighted by molar-refractivity contribution is 7.21. The van der Waals surface area contributed by atoms with Gasteiger partial charge in [0.2, 0.25) is 1.43 Å². The molecule has 7 heteroatoms. The topological polar surface area (TPSA) is 77.4 Å². The van der Waals surface area contributed by atoms with Crippen LogP contribution in [0.5, 0.6) is 5.75 Å². The summed E-state index contributed by atoms with van der Waals surface area (Å²) < 4.78 is 52.2. The first kappa shape index (κ1) is 16.1. The second-order valence-electron chi connectivity index (χ2n) is 7.97. The third-order valence-electron chi connectivity index (χ3n) is 4.88. The van der Waals surface area contributed by atoms with Gasteiger partial charge < -0.3 is 14.6 Å². The van der Waals surface area contributed by atoms with Crippen LogP contribution in [-0.4, -0.2) is 35.7 Å². The third kappa shape index (κ3) is 4.13. The number of nitrogens with zero attached hydrogens (tertiary/aromatic N) is 3. The van der Waals surface area contributed by atoms with Crippen LogP contribution in [0.1, 0.15) is 49.1 Å². The Morgan fingerprint density at radius 3 is 2.77 bits per heavy atom. The van der Waals surface area contributed by atoms with Gasteiger partial charge in [-0.2, -0.15) is 0 Å². The molecule has 6 nitrogen and oxygen atoms in total. The van der Waals surface area contributed by atoms with Crippen molar-refractivity contribution in [3.63, 3.8) is 0 Å². The summed E-state index contributed by atoms with van der Waals surface area (Å²) in [6.07, 6.45) is -0.603. The molecule has 2 aromatic carbocycles. The van der Waals surface area contributed by atoms with Crippen molar-refractivity contribution < 1.29 is 20.1 Å². The zero-order valence-electron chi connectivity index (χ0n) is 23.1. The minimum Gasteiger partial charge on any atom is -0.497 e. The van der Waals surface area contributed by atoms with E-state index in [1.807, 2.05) is 19.1 Å². The van der Waals surface area contributed by atoms with Crippen molar-refractivity contribution in [2.75, 3.05) is 14.2 Å². The molecule has 0 saturated heterocycles. The van der Waals surface area contributed by atoms with E-state index in [9.17, 15) is 0 Å². The molecule has 0 aliphatic heterocycles. The second kappa shape index (κ2) is 8.15. The smallest absolute Gasteiger partial charge is 0.211 e. The third-order valence-corrected chi connectivity index (χ3v) is 5.92. The molecule has 1 unspecified atom stereocenters. The SMILES string of the molecule is [2H]OC([2H])(c1cc(OC)cc2sc(-c3cc(C)cc4nc(COC)cnc34)nc12)C(C)(C)C([2H])([2H])[2H]. The first-order chi connectivity index (χ1) is 16.9. The second-order valence-corrected chi connectivity index (χ2v) is 9.00. The van der Waals surface area contributed by atoms with E-state index < -0.39 is 18.3 Å². The van der Waals surface area contributed by atoms with Gasteiger partial charge in [0.15, 0.2) is 0 Å². The molecule has 0 radical (unpaired) electrons. The number of thiazole rings is 1. The van der Waals surface area contributed by atoms with Gasteiger partial charge in [0, 0.05) is 22.3 Å². The number of benzene rings is 2. The highest BCUT2D eigenvalue weighted by atomic mass is 32.1. The standard InChI is InChI=1S/C24H27N3O3S/c1-13-7-17(20-18(8-13)26-14(11-25-20)12-29-5)23-27-21-16(22(28)24(2,3)4)9-15(30-6)10-19(21)31-23/h7-11,22,28H,12H2,1-6H3/i2D3,22D,28D. The van der Waals surface area contributed by atoms with E-state index >= 15 is 0 Å². The number of aryl methyl sites for hydroxylation is 1. The molecule has 0 amide bonds. The molecule has 1 N–H and O–H groups in total. The maximum absolute atomic E-state index is 9.07. The fourth-order valence-corrected chi connectivity index (χ4v) is 4.47. The summed E-state index contributed by atoms with van der Waals surface area (Å²) in [5.74, 6) is 0.404. The minimum atomic E-state index is -2.59. The number of ether oxygens (including phenoxy) is 2. The summed E-state index contributed by atoms with van der Waals surface area (Å²) in [4.78, 5) is 14.1.